The van der Waals surface area contributed by atoms with E-state index in [0.717, 1.165) is 45.6 Å². The van der Waals surface area contributed by atoms with E-state index in [0.29, 0.717) is 11.8 Å². The highest BCUT2D eigenvalue weighted by molar-refractivity contribution is 6.27. The van der Waals surface area contributed by atoms with Gasteiger partial charge in [-0.25, -0.2) is 9.59 Å². The quantitative estimate of drug-likeness (QED) is 0.712. The number of rotatable bonds is 4. The number of nitrogens with zero attached hydrogens (tertiary/aromatic N) is 2. The lowest BCUT2D eigenvalue weighted by Gasteiger charge is -2.37. The fourth-order valence-electron chi connectivity index (χ4n) is 4.22. The monoisotopic (exact) mass is 430 g/mol. The summed E-state index contributed by atoms with van der Waals surface area (Å²) in [5.41, 5.74) is 2.66. The molecule has 2 saturated heterocycles. The molecule has 3 rings (SSSR count). The highest BCUT2D eigenvalue weighted by atomic mass is 16.4. The third-order valence-electron chi connectivity index (χ3n) is 5.77. The van der Waals surface area contributed by atoms with E-state index >= 15 is 0 Å². The second-order valence-electron chi connectivity index (χ2n) is 8.59. The highest BCUT2D eigenvalue weighted by Crippen LogP contribution is 2.24. The van der Waals surface area contributed by atoms with Gasteiger partial charge in [0.1, 0.15) is 0 Å². The number of hydrogen-bond acceptors (Lipinski definition) is 4. The highest BCUT2D eigenvalue weighted by Gasteiger charge is 2.30. The molecule has 2 N–H and O–H groups in total. The van der Waals surface area contributed by atoms with E-state index in [4.69, 9.17) is 19.8 Å². The van der Waals surface area contributed by atoms with Crippen molar-refractivity contribution in [2.75, 3.05) is 32.7 Å². The van der Waals surface area contributed by atoms with Crippen molar-refractivity contribution < 1.29 is 24.6 Å². The maximum absolute atomic E-state index is 12.8. The summed E-state index contributed by atoms with van der Waals surface area (Å²) < 4.78 is 0. The first-order valence-electron chi connectivity index (χ1n) is 11.0. The number of piperidine rings is 2. The fourth-order valence-corrected chi connectivity index (χ4v) is 4.22. The van der Waals surface area contributed by atoms with Gasteiger partial charge in [0.15, 0.2) is 0 Å². The number of hydrogen-bond donors (Lipinski definition) is 2. The first-order valence-corrected chi connectivity index (χ1v) is 11.0. The molecule has 170 valence electrons. The zero-order valence-corrected chi connectivity index (χ0v) is 18.5. The Hall–Kier alpha value is -2.67. The lowest BCUT2D eigenvalue weighted by Crippen LogP contribution is -2.46. The van der Waals surface area contributed by atoms with Gasteiger partial charge in [-0.1, -0.05) is 48.9 Å². The fraction of sp³-hybridized carbons (Fsp3) is 0.542. The number of carboxylic acids is 2. The molecule has 1 unspecified atom stereocenters. The Bertz CT molecular complexity index is 757. The molecular formula is C24H34N2O5. The molecule has 7 heteroatoms. The molecule has 2 fully saturated rings. The van der Waals surface area contributed by atoms with Crippen LogP contribution in [0.2, 0.25) is 0 Å². The Labute approximate surface area is 184 Å². The van der Waals surface area contributed by atoms with E-state index in [2.05, 4.69) is 60.1 Å². The van der Waals surface area contributed by atoms with Gasteiger partial charge in [0.25, 0.3) is 0 Å². The molecule has 1 atom stereocenters. The number of amides is 1. The molecular weight excluding hydrogens is 396 g/mol. The van der Waals surface area contributed by atoms with Crippen LogP contribution in [0.3, 0.4) is 0 Å². The Balaban J connectivity index is 0.000000501. The summed E-state index contributed by atoms with van der Waals surface area (Å²) in [7, 11) is 0. The molecule has 1 aromatic rings. The van der Waals surface area contributed by atoms with Crippen molar-refractivity contribution in [2.24, 2.45) is 11.8 Å². The van der Waals surface area contributed by atoms with Gasteiger partial charge in [0.05, 0.1) is 0 Å². The normalized spacial score (nSPS) is 20.5. The van der Waals surface area contributed by atoms with Crippen LogP contribution in [0.25, 0.3) is 6.08 Å². The van der Waals surface area contributed by atoms with E-state index in [1.54, 1.807) is 0 Å². The molecule has 2 aliphatic heterocycles. The third-order valence-corrected chi connectivity index (χ3v) is 5.77. The molecule has 1 amide bonds. The van der Waals surface area contributed by atoms with Gasteiger partial charge in [-0.2, -0.15) is 0 Å². The van der Waals surface area contributed by atoms with Crippen molar-refractivity contribution in [3.63, 3.8) is 0 Å². The summed E-state index contributed by atoms with van der Waals surface area (Å²) in [5.74, 6) is -2.31. The van der Waals surface area contributed by atoms with Crippen LogP contribution in [0, 0.1) is 11.8 Å². The summed E-state index contributed by atoms with van der Waals surface area (Å²) in [6.45, 7) is 9.51. The van der Waals surface area contributed by atoms with E-state index < -0.39 is 11.9 Å². The lowest BCUT2D eigenvalue weighted by atomic mass is 9.92. The molecule has 0 radical (unpaired) electrons. The molecule has 1 aromatic carbocycles. The number of likely N-dealkylation sites (tertiary alicyclic amines) is 2. The van der Waals surface area contributed by atoms with E-state index in [9.17, 15) is 4.79 Å². The van der Waals surface area contributed by atoms with Crippen LogP contribution in [0.15, 0.2) is 35.9 Å². The molecule has 31 heavy (non-hydrogen) atoms. The van der Waals surface area contributed by atoms with Crippen molar-refractivity contribution in [2.45, 2.75) is 39.5 Å². The van der Waals surface area contributed by atoms with Gasteiger partial charge in [-0.15, -0.1) is 0 Å². The van der Waals surface area contributed by atoms with E-state index in [-0.39, 0.29) is 5.92 Å². The number of carboxylic acid groups (broad SMARTS) is 2. The predicted molar refractivity (Wildman–Crippen MR) is 120 cm³/mol. The average molecular weight is 431 g/mol. The standard InChI is InChI=1S/C22H32N2O.C2H2O4/c1-18-7-6-12-24(17-18)22(25)21-10-13-23(14-11-21)16-19(2)15-20-8-4-3-5-9-20;3-1(4)2(5)6/h3-5,8-9,15,18,21H,6-7,10-14,16-17H2,1-2H3;(H,3,4)(H,5,6). The number of benzene rings is 1. The van der Waals surface area contributed by atoms with Crippen LogP contribution >= 0.6 is 0 Å². The van der Waals surface area contributed by atoms with Crippen molar-refractivity contribution >= 4 is 23.9 Å². The van der Waals surface area contributed by atoms with Crippen LogP contribution in [-0.2, 0) is 14.4 Å². The van der Waals surface area contributed by atoms with Crippen LogP contribution in [0.4, 0.5) is 0 Å². The zero-order valence-electron chi connectivity index (χ0n) is 18.5. The lowest BCUT2D eigenvalue weighted by molar-refractivity contribution is -0.159. The third kappa shape index (κ3) is 8.53. The van der Waals surface area contributed by atoms with Crippen molar-refractivity contribution in [3.05, 3.63) is 41.5 Å². The molecule has 0 aliphatic carbocycles. The van der Waals surface area contributed by atoms with Gasteiger partial charge >= 0.3 is 11.9 Å². The topological polar surface area (TPSA) is 98.2 Å². The summed E-state index contributed by atoms with van der Waals surface area (Å²) in [6.07, 6.45) is 6.75. The van der Waals surface area contributed by atoms with Crippen LogP contribution in [0.5, 0.6) is 0 Å². The van der Waals surface area contributed by atoms with Crippen molar-refractivity contribution in [3.8, 4) is 0 Å². The van der Waals surface area contributed by atoms with Gasteiger partial charge in [0.2, 0.25) is 5.91 Å². The minimum atomic E-state index is -1.82. The molecule has 0 spiro atoms. The average Bonchev–Trinajstić information content (AvgIpc) is 2.75. The number of carbonyl (C=O) groups excluding carboxylic acids is 1. The maximum Gasteiger partial charge on any atom is 0.414 e. The van der Waals surface area contributed by atoms with Gasteiger partial charge in [0, 0.05) is 25.6 Å². The van der Waals surface area contributed by atoms with Gasteiger partial charge in [-0.3, -0.25) is 9.69 Å². The SMILES string of the molecule is CC(=Cc1ccccc1)CN1CCC(C(=O)N2CCCC(C)C2)CC1.O=C(O)C(=O)O. The van der Waals surface area contributed by atoms with Crippen molar-refractivity contribution in [1.29, 1.82) is 0 Å². The molecule has 0 saturated carbocycles. The van der Waals surface area contributed by atoms with Crippen LogP contribution < -0.4 is 0 Å². The minimum absolute atomic E-state index is 0.250. The Kier molecular flexibility index (Phi) is 9.72. The largest absolute Gasteiger partial charge is 0.473 e. The van der Waals surface area contributed by atoms with Gasteiger partial charge in [-0.05, 0) is 57.2 Å². The van der Waals surface area contributed by atoms with Crippen molar-refractivity contribution in [1.82, 2.24) is 9.80 Å². The number of aliphatic carboxylic acids is 2. The molecule has 2 aliphatic rings. The second-order valence-corrected chi connectivity index (χ2v) is 8.59. The van der Waals surface area contributed by atoms with E-state index in [1.807, 2.05) is 0 Å². The zero-order chi connectivity index (χ0) is 22.8. The first-order chi connectivity index (χ1) is 14.8. The number of carbonyl (C=O) groups is 3. The first kappa shape index (κ1) is 24.6. The maximum atomic E-state index is 12.8. The predicted octanol–water partition coefficient (Wildman–Crippen LogP) is 3.22. The Morgan fingerprint density at radius 3 is 2.16 bits per heavy atom. The smallest absolute Gasteiger partial charge is 0.414 e. The summed E-state index contributed by atoms with van der Waals surface area (Å²) in [6, 6.07) is 10.5. The van der Waals surface area contributed by atoms with E-state index in [1.165, 1.54) is 24.0 Å². The second kappa shape index (κ2) is 12.2. The van der Waals surface area contributed by atoms with Gasteiger partial charge < -0.3 is 15.1 Å². The molecule has 0 aromatic heterocycles. The van der Waals surface area contributed by atoms with Crippen LogP contribution in [-0.4, -0.2) is 70.6 Å². The minimum Gasteiger partial charge on any atom is -0.473 e. The Morgan fingerprint density at radius 2 is 1.61 bits per heavy atom. The molecule has 7 nitrogen and oxygen atoms in total. The van der Waals surface area contributed by atoms with Crippen LogP contribution in [0.1, 0.15) is 45.1 Å². The Morgan fingerprint density at radius 1 is 1.00 bits per heavy atom. The summed E-state index contributed by atoms with van der Waals surface area (Å²) >= 11 is 0. The molecule has 0 bridgehead atoms. The summed E-state index contributed by atoms with van der Waals surface area (Å²) in [4.78, 5) is 35.6. The summed E-state index contributed by atoms with van der Waals surface area (Å²) in [5, 5.41) is 14.8. The molecule has 2 heterocycles.